The smallest absolute Gasteiger partial charge is 0.152 e. The van der Waals surface area contributed by atoms with Crippen molar-refractivity contribution in [3.05, 3.63) is 34.3 Å². The molecule has 0 heterocycles. The molecule has 16 heavy (non-hydrogen) atoms. The van der Waals surface area contributed by atoms with E-state index in [9.17, 15) is 8.42 Å². The van der Waals surface area contributed by atoms with E-state index in [1.165, 1.54) is 6.26 Å². The summed E-state index contributed by atoms with van der Waals surface area (Å²) in [4.78, 5) is 0. The average molecular weight is 300 g/mol. The van der Waals surface area contributed by atoms with Crippen LogP contribution in [0.4, 0.5) is 0 Å². The van der Waals surface area contributed by atoms with Crippen molar-refractivity contribution in [1.82, 2.24) is 0 Å². The fraction of sp³-hybridized carbons (Fsp3) is 0.364. The van der Waals surface area contributed by atoms with Crippen molar-refractivity contribution in [3.63, 3.8) is 0 Å². The molecule has 1 aromatic carbocycles. The molecule has 0 radical (unpaired) electrons. The zero-order valence-electron chi connectivity index (χ0n) is 8.59. The topological polar surface area (TPSA) is 57.9 Å². The Morgan fingerprint density at radius 3 is 2.25 bits per heavy atom. The molecular weight excluding hydrogens is 290 g/mol. The minimum atomic E-state index is -3.13. The quantitative estimate of drug-likeness (QED) is 0.840. The Morgan fingerprint density at radius 2 is 1.88 bits per heavy atom. The summed E-state index contributed by atoms with van der Waals surface area (Å²) in [6.07, 6.45) is 1.20. The van der Waals surface area contributed by atoms with Crippen molar-refractivity contribution in [2.75, 3.05) is 6.26 Å². The highest BCUT2D eigenvalue weighted by molar-refractivity contribution is 9.10. The van der Waals surface area contributed by atoms with Gasteiger partial charge >= 0.3 is 0 Å². The third kappa shape index (κ3) is 2.00. The molecule has 0 aromatic heterocycles. The maximum Gasteiger partial charge on any atom is 0.152 e. The predicted molar refractivity (Wildman–Crippen MR) is 64.6 cm³/mol. The van der Waals surface area contributed by atoms with Crippen LogP contribution in [-0.2, 0) is 9.84 Å². The highest BCUT2D eigenvalue weighted by Gasteiger charge is 2.57. The number of halogens is 1. The second kappa shape index (κ2) is 3.86. The Morgan fingerprint density at radius 1 is 1.31 bits per heavy atom. The van der Waals surface area contributed by atoms with Gasteiger partial charge in [0.1, 0.15) is 0 Å². The van der Waals surface area contributed by atoms with Gasteiger partial charge < -0.3 is 0 Å². The summed E-state index contributed by atoms with van der Waals surface area (Å²) in [7, 11) is -3.13. The third-order valence-electron chi connectivity index (χ3n) is 2.85. The van der Waals surface area contributed by atoms with Gasteiger partial charge in [0.05, 0.1) is 17.2 Å². The van der Waals surface area contributed by atoms with E-state index < -0.39 is 21.0 Å². The first kappa shape index (κ1) is 11.6. The summed E-state index contributed by atoms with van der Waals surface area (Å²) < 4.78 is 23.9. The molecule has 0 bridgehead atoms. The SMILES string of the molecule is CS(=O)(=O)[C@@H]1[C@H](C#N)[C@H]1c1ccc(Br)cc1. The lowest BCUT2D eigenvalue weighted by atomic mass is 10.1. The molecule has 0 aliphatic heterocycles. The fourth-order valence-corrected chi connectivity index (χ4v) is 3.85. The van der Waals surface area contributed by atoms with Gasteiger partial charge in [0.2, 0.25) is 0 Å². The van der Waals surface area contributed by atoms with E-state index in [1.807, 2.05) is 24.3 Å². The molecule has 1 aromatic rings. The molecule has 5 heteroatoms. The first-order chi connectivity index (χ1) is 7.45. The summed E-state index contributed by atoms with van der Waals surface area (Å²) in [6, 6.07) is 9.52. The molecule has 2 rings (SSSR count). The van der Waals surface area contributed by atoms with Crippen molar-refractivity contribution in [3.8, 4) is 6.07 Å². The zero-order valence-corrected chi connectivity index (χ0v) is 11.0. The molecule has 1 aliphatic rings. The summed E-state index contributed by atoms with van der Waals surface area (Å²) in [6.45, 7) is 0. The normalized spacial score (nSPS) is 28.4. The zero-order chi connectivity index (χ0) is 11.9. The van der Waals surface area contributed by atoms with E-state index in [2.05, 4.69) is 22.0 Å². The molecule has 1 aliphatic carbocycles. The van der Waals surface area contributed by atoms with Crippen LogP contribution in [-0.4, -0.2) is 19.9 Å². The van der Waals surface area contributed by atoms with E-state index >= 15 is 0 Å². The monoisotopic (exact) mass is 299 g/mol. The number of nitriles is 1. The van der Waals surface area contributed by atoms with Gasteiger partial charge in [-0.3, -0.25) is 0 Å². The Labute approximate surface area is 103 Å². The van der Waals surface area contributed by atoms with Crippen LogP contribution in [0.25, 0.3) is 0 Å². The second-order valence-electron chi connectivity index (χ2n) is 4.03. The fourth-order valence-electron chi connectivity index (χ4n) is 2.05. The lowest BCUT2D eigenvalue weighted by molar-refractivity contribution is 0.599. The number of rotatable bonds is 2. The van der Waals surface area contributed by atoms with Crippen LogP contribution in [0.5, 0.6) is 0 Å². The van der Waals surface area contributed by atoms with Gasteiger partial charge in [-0.25, -0.2) is 8.42 Å². The van der Waals surface area contributed by atoms with Gasteiger partial charge in [-0.1, -0.05) is 28.1 Å². The standard InChI is InChI=1S/C11H10BrNO2S/c1-16(14,15)11-9(6-13)10(11)7-2-4-8(12)5-3-7/h2-5,9-11H,1H3/t9-,10-,11-/m1/s1. The minimum Gasteiger partial charge on any atom is -0.229 e. The largest absolute Gasteiger partial charge is 0.229 e. The summed E-state index contributed by atoms with van der Waals surface area (Å²) in [5.74, 6) is -0.552. The lowest BCUT2D eigenvalue weighted by Gasteiger charge is -1.98. The Balaban J connectivity index is 2.31. The third-order valence-corrected chi connectivity index (χ3v) is 4.96. The van der Waals surface area contributed by atoms with Crippen molar-refractivity contribution in [2.24, 2.45) is 5.92 Å². The Kier molecular flexibility index (Phi) is 2.81. The highest BCUT2D eigenvalue weighted by Crippen LogP contribution is 2.51. The van der Waals surface area contributed by atoms with E-state index in [4.69, 9.17) is 5.26 Å². The molecule has 0 unspecified atom stereocenters. The molecule has 3 nitrogen and oxygen atoms in total. The minimum absolute atomic E-state index is 0.159. The van der Waals surface area contributed by atoms with Gasteiger partial charge in [-0.15, -0.1) is 0 Å². The highest BCUT2D eigenvalue weighted by atomic mass is 79.9. The maximum atomic E-state index is 11.5. The molecule has 0 N–H and O–H groups in total. The summed E-state index contributed by atoms with van der Waals surface area (Å²) in [5.41, 5.74) is 0.921. The maximum absolute atomic E-state index is 11.5. The molecule has 0 spiro atoms. The first-order valence-corrected chi connectivity index (χ1v) is 7.54. The van der Waals surface area contributed by atoms with Crippen LogP contribution in [0.2, 0.25) is 0 Å². The van der Waals surface area contributed by atoms with Crippen molar-refractivity contribution >= 4 is 25.8 Å². The summed E-state index contributed by atoms with van der Waals surface area (Å²) in [5, 5.41) is 8.37. The average Bonchev–Trinajstić information content (AvgIpc) is 2.92. The molecule has 1 fully saturated rings. The van der Waals surface area contributed by atoms with Crippen LogP contribution in [0.3, 0.4) is 0 Å². The van der Waals surface area contributed by atoms with Crippen molar-refractivity contribution in [2.45, 2.75) is 11.2 Å². The summed E-state index contributed by atoms with van der Waals surface area (Å²) >= 11 is 3.32. The van der Waals surface area contributed by atoms with Crippen molar-refractivity contribution < 1.29 is 8.42 Å². The predicted octanol–water partition coefficient (Wildman–Crippen LogP) is 2.10. The molecule has 3 atom stereocenters. The van der Waals surface area contributed by atoms with Gasteiger partial charge in [-0.05, 0) is 17.7 Å². The van der Waals surface area contributed by atoms with E-state index in [0.717, 1.165) is 10.0 Å². The first-order valence-electron chi connectivity index (χ1n) is 4.79. The van der Waals surface area contributed by atoms with Gasteiger partial charge in [0, 0.05) is 16.6 Å². The molecule has 1 saturated carbocycles. The van der Waals surface area contributed by atoms with Crippen LogP contribution >= 0.6 is 15.9 Å². The van der Waals surface area contributed by atoms with Crippen molar-refractivity contribution in [1.29, 1.82) is 5.26 Å². The van der Waals surface area contributed by atoms with Crippen LogP contribution < -0.4 is 0 Å². The van der Waals surface area contributed by atoms with E-state index in [1.54, 1.807) is 0 Å². The number of hydrogen-bond acceptors (Lipinski definition) is 3. The molecule has 0 saturated heterocycles. The Hall–Kier alpha value is -0.860. The Bertz CT molecular complexity index is 544. The molecule has 0 amide bonds. The van der Waals surface area contributed by atoms with E-state index in [-0.39, 0.29) is 5.92 Å². The van der Waals surface area contributed by atoms with E-state index in [0.29, 0.717) is 0 Å². The number of nitrogens with zero attached hydrogens (tertiary/aromatic N) is 1. The number of benzene rings is 1. The van der Waals surface area contributed by atoms with Crippen LogP contribution in [0, 0.1) is 17.2 Å². The van der Waals surface area contributed by atoms with Gasteiger partial charge in [-0.2, -0.15) is 5.26 Å². The van der Waals surface area contributed by atoms with Crippen LogP contribution in [0.15, 0.2) is 28.7 Å². The van der Waals surface area contributed by atoms with Gasteiger partial charge in [0.25, 0.3) is 0 Å². The lowest BCUT2D eigenvalue weighted by Crippen LogP contribution is -2.06. The second-order valence-corrected chi connectivity index (χ2v) is 7.15. The van der Waals surface area contributed by atoms with Gasteiger partial charge in [0.15, 0.2) is 9.84 Å². The number of sulfone groups is 1. The number of hydrogen-bond donors (Lipinski definition) is 0. The molecular formula is C11H10BrNO2S. The van der Waals surface area contributed by atoms with Crippen LogP contribution in [0.1, 0.15) is 11.5 Å². The molecule has 84 valence electrons.